The molecule has 6 heteroatoms. The molecule has 3 rings (SSSR count). The highest BCUT2D eigenvalue weighted by Crippen LogP contribution is 2.61. The van der Waals surface area contributed by atoms with Crippen molar-refractivity contribution >= 4 is 11.7 Å². The third-order valence-electron chi connectivity index (χ3n) is 4.48. The number of carbonyl (C=O) groups excluding carboxylic acids is 1. The lowest BCUT2D eigenvalue weighted by Gasteiger charge is -2.17. The van der Waals surface area contributed by atoms with Crippen LogP contribution in [0.1, 0.15) is 30.1 Å². The second-order valence-electron chi connectivity index (χ2n) is 5.54. The Hall–Kier alpha value is -2.21. The maximum Gasteiger partial charge on any atom is 0.338 e. The monoisotopic (exact) mass is 289 g/mol. The first kappa shape index (κ1) is 13.8. The number of hydrogen-bond acceptors (Lipinski definition) is 5. The Morgan fingerprint density at radius 3 is 2.67 bits per heavy atom. The van der Waals surface area contributed by atoms with Gasteiger partial charge in [-0.1, -0.05) is 6.08 Å². The molecule has 1 saturated carbocycles. The predicted molar refractivity (Wildman–Crippen MR) is 74.0 cm³/mol. The lowest BCUT2D eigenvalue weighted by atomic mass is 9.97. The number of epoxide rings is 1. The molecule has 1 aromatic carbocycles. The van der Waals surface area contributed by atoms with Crippen molar-refractivity contribution in [1.82, 2.24) is 0 Å². The van der Waals surface area contributed by atoms with Crippen LogP contribution in [0, 0.1) is 10.1 Å². The van der Waals surface area contributed by atoms with E-state index in [1.807, 2.05) is 6.92 Å². The highest BCUT2D eigenvalue weighted by atomic mass is 16.7. The molecule has 2 fully saturated rings. The van der Waals surface area contributed by atoms with Crippen molar-refractivity contribution in [2.45, 2.75) is 37.1 Å². The van der Waals surface area contributed by atoms with Gasteiger partial charge in [0, 0.05) is 12.1 Å². The van der Waals surface area contributed by atoms with Crippen LogP contribution in [0.15, 0.2) is 36.9 Å². The molecule has 0 bridgehead atoms. The number of nitrogens with zero attached hydrogens (tertiary/aromatic N) is 1. The Kier molecular flexibility index (Phi) is 2.88. The first-order valence-corrected chi connectivity index (χ1v) is 6.71. The maximum absolute atomic E-state index is 12.1. The molecule has 0 aromatic heterocycles. The number of nitro benzene ring substituents is 1. The van der Waals surface area contributed by atoms with Gasteiger partial charge in [-0.25, -0.2) is 4.79 Å². The van der Waals surface area contributed by atoms with Crippen molar-refractivity contribution in [2.75, 3.05) is 0 Å². The number of nitro groups is 1. The molecular formula is C15H15NO5. The molecule has 0 spiro atoms. The van der Waals surface area contributed by atoms with E-state index in [0.717, 1.165) is 12.8 Å². The average molecular weight is 289 g/mol. The van der Waals surface area contributed by atoms with Gasteiger partial charge in [-0.3, -0.25) is 10.1 Å². The zero-order valence-electron chi connectivity index (χ0n) is 11.6. The Morgan fingerprint density at radius 2 is 2.19 bits per heavy atom. The third kappa shape index (κ3) is 1.94. The van der Waals surface area contributed by atoms with Crippen molar-refractivity contribution in [3.8, 4) is 0 Å². The molecule has 1 heterocycles. The molecule has 0 radical (unpaired) electrons. The summed E-state index contributed by atoms with van der Waals surface area (Å²) >= 11 is 0. The zero-order chi connectivity index (χ0) is 15.3. The third-order valence-corrected chi connectivity index (χ3v) is 4.48. The van der Waals surface area contributed by atoms with Gasteiger partial charge < -0.3 is 9.47 Å². The fourth-order valence-corrected chi connectivity index (χ4v) is 3.05. The van der Waals surface area contributed by atoms with E-state index >= 15 is 0 Å². The topological polar surface area (TPSA) is 82.0 Å². The van der Waals surface area contributed by atoms with E-state index in [-0.39, 0.29) is 17.4 Å². The molecular weight excluding hydrogens is 274 g/mol. The minimum Gasteiger partial charge on any atom is -0.456 e. The summed E-state index contributed by atoms with van der Waals surface area (Å²) in [5.41, 5.74) is -0.630. The molecule has 1 saturated heterocycles. The van der Waals surface area contributed by atoms with Crippen molar-refractivity contribution < 1.29 is 19.2 Å². The zero-order valence-corrected chi connectivity index (χ0v) is 11.6. The first-order chi connectivity index (χ1) is 9.92. The van der Waals surface area contributed by atoms with Crippen molar-refractivity contribution in [3.05, 3.63) is 52.6 Å². The standard InChI is InChI=1S/C15H15NO5/c1-3-15-9-8-12(14(15,2)21-15)20-13(17)10-4-6-11(7-5-10)16(18)19/h3-7,12H,1,8-9H2,2H3/t12-,14-,15+/m0/s1. The number of benzene rings is 1. The highest BCUT2D eigenvalue weighted by molar-refractivity contribution is 5.89. The average Bonchev–Trinajstić information content (AvgIpc) is 3.01. The highest BCUT2D eigenvalue weighted by Gasteiger charge is 2.74. The predicted octanol–water partition coefficient (Wildman–Crippen LogP) is 2.63. The van der Waals surface area contributed by atoms with Crippen LogP contribution < -0.4 is 0 Å². The number of esters is 1. The Bertz CT molecular complexity index is 621. The van der Waals surface area contributed by atoms with Crippen LogP contribution in [0.5, 0.6) is 0 Å². The minimum atomic E-state index is -0.510. The van der Waals surface area contributed by atoms with E-state index in [9.17, 15) is 14.9 Å². The Labute approximate surface area is 121 Å². The van der Waals surface area contributed by atoms with E-state index < -0.39 is 16.5 Å². The molecule has 2 aliphatic rings. The second-order valence-corrected chi connectivity index (χ2v) is 5.54. The molecule has 0 unspecified atom stereocenters. The first-order valence-electron chi connectivity index (χ1n) is 6.71. The van der Waals surface area contributed by atoms with Crippen molar-refractivity contribution in [1.29, 1.82) is 0 Å². The minimum absolute atomic E-state index is 0.0596. The SMILES string of the molecule is C=C[C@@]12CC[C@H](OC(=O)c3ccc([N+](=O)[O-])cc3)[C@]1(C)O2. The van der Waals surface area contributed by atoms with Gasteiger partial charge >= 0.3 is 5.97 Å². The van der Waals surface area contributed by atoms with Gasteiger partial charge in [0.05, 0.1) is 10.5 Å². The Morgan fingerprint density at radius 1 is 1.52 bits per heavy atom. The summed E-state index contributed by atoms with van der Waals surface area (Å²) in [6.45, 7) is 5.68. The summed E-state index contributed by atoms with van der Waals surface area (Å²) in [6.07, 6.45) is 2.96. The van der Waals surface area contributed by atoms with E-state index in [1.54, 1.807) is 6.08 Å². The summed E-state index contributed by atoms with van der Waals surface area (Å²) in [5.74, 6) is -0.494. The number of carbonyl (C=O) groups is 1. The fourth-order valence-electron chi connectivity index (χ4n) is 3.05. The maximum atomic E-state index is 12.1. The van der Waals surface area contributed by atoms with Gasteiger partial charge in [0.25, 0.3) is 5.69 Å². The molecule has 1 aromatic rings. The number of hydrogen-bond donors (Lipinski definition) is 0. The van der Waals surface area contributed by atoms with Gasteiger partial charge in [-0.05, 0) is 31.9 Å². The van der Waals surface area contributed by atoms with Gasteiger partial charge in [-0.2, -0.15) is 0 Å². The van der Waals surface area contributed by atoms with Crippen LogP contribution in [0.2, 0.25) is 0 Å². The lowest BCUT2D eigenvalue weighted by molar-refractivity contribution is -0.384. The molecule has 6 nitrogen and oxygen atoms in total. The number of fused-ring (bicyclic) bond motifs is 1. The van der Waals surface area contributed by atoms with Crippen LogP contribution in [-0.2, 0) is 9.47 Å². The van der Waals surface area contributed by atoms with Crippen LogP contribution in [0.25, 0.3) is 0 Å². The molecule has 21 heavy (non-hydrogen) atoms. The second kappa shape index (κ2) is 4.39. The van der Waals surface area contributed by atoms with E-state index in [2.05, 4.69) is 6.58 Å². The largest absolute Gasteiger partial charge is 0.456 e. The van der Waals surface area contributed by atoms with Crippen LogP contribution in [0.3, 0.4) is 0 Å². The number of ether oxygens (including phenoxy) is 2. The molecule has 1 aliphatic heterocycles. The normalized spacial score (nSPS) is 33.1. The van der Waals surface area contributed by atoms with Gasteiger partial charge in [0.15, 0.2) is 0 Å². The van der Waals surface area contributed by atoms with Crippen molar-refractivity contribution in [3.63, 3.8) is 0 Å². The van der Waals surface area contributed by atoms with Gasteiger partial charge in [0.2, 0.25) is 0 Å². The van der Waals surface area contributed by atoms with E-state index in [4.69, 9.17) is 9.47 Å². The fraction of sp³-hybridized carbons (Fsp3) is 0.400. The summed E-state index contributed by atoms with van der Waals surface area (Å²) in [4.78, 5) is 22.2. The van der Waals surface area contributed by atoms with E-state index in [1.165, 1.54) is 24.3 Å². The number of rotatable bonds is 4. The lowest BCUT2D eigenvalue weighted by Crippen LogP contribution is -2.31. The van der Waals surface area contributed by atoms with Crippen LogP contribution in [0.4, 0.5) is 5.69 Å². The molecule has 110 valence electrons. The Balaban J connectivity index is 1.70. The molecule has 0 amide bonds. The summed E-state index contributed by atoms with van der Waals surface area (Å²) < 4.78 is 11.2. The number of non-ortho nitro benzene ring substituents is 1. The molecule has 0 N–H and O–H groups in total. The molecule has 3 atom stereocenters. The van der Waals surface area contributed by atoms with Gasteiger partial charge in [-0.15, -0.1) is 6.58 Å². The summed E-state index contributed by atoms with van der Waals surface area (Å²) in [5, 5.41) is 10.6. The van der Waals surface area contributed by atoms with Gasteiger partial charge in [0.1, 0.15) is 17.3 Å². The van der Waals surface area contributed by atoms with Crippen LogP contribution in [-0.4, -0.2) is 28.2 Å². The van der Waals surface area contributed by atoms with Crippen LogP contribution >= 0.6 is 0 Å². The summed E-state index contributed by atoms with van der Waals surface area (Å²) in [7, 11) is 0. The van der Waals surface area contributed by atoms with E-state index in [0.29, 0.717) is 5.56 Å². The summed E-state index contributed by atoms with van der Waals surface area (Å²) in [6, 6.07) is 5.36. The quantitative estimate of drug-likeness (QED) is 0.280. The smallest absolute Gasteiger partial charge is 0.338 e. The van der Waals surface area contributed by atoms with Crippen molar-refractivity contribution in [2.24, 2.45) is 0 Å². The molecule has 1 aliphatic carbocycles.